The van der Waals surface area contributed by atoms with E-state index in [-0.39, 0.29) is 0 Å². The number of aryl methyl sites for hydroxylation is 1. The number of rotatable bonds is 7. The molecule has 2 N–H and O–H groups in total. The van der Waals surface area contributed by atoms with Gasteiger partial charge in [-0.05, 0) is 46.6 Å². The van der Waals surface area contributed by atoms with E-state index in [0.717, 1.165) is 36.5 Å². The summed E-state index contributed by atoms with van der Waals surface area (Å²) in [7, 11) is 0. The van der Waals surface area contributed by atoms with Crippen molar-refractivity contribution in [3.8, 4) is 0 Å². The largest absolute Gasteiger partial charge is 0.357 e. The van der Waals surface area contributed by atoms with Gasteiger partial charge in [-0.1, -0.05) is 6.42 Å². The topological polar surface area (TPSA) is 52.6 Å². The van der Waals surface area contributed by atoms with E-state index in [2.05, 4.69) is 46.3 Å². The van der Waals surface area contributed by atoms with E-state index >= 15 is 0 Å². The molecule has 0 aromatic carbocycles. The molecule has 6 heteroatoms. The number of thiazole rings is 1. The average molecular weight is 338 g/mol. The molecule has 1 aliphatic rings. The first-order valence-corrected chi connectivity index (χ1v) is 9.68. The summed E-state index contributed by atoms with van der Waals surface area (Å²) in [6.45, 7) is 11.5. The molecule has 1 saturated heterocycles. The van der Waals surface area contributed by atoms with Gasteiger partial charge in [0.15, 0.2) is 5.96 Å². The highest BCUT2D eigenvalue weighted by molar-refractivity contribution is 7.11. The number of aromatic nitrogens is 1. The lowest BCUT2D eigenvalue weighted by Crippen LogP contribution is -2.41. The molecule has 130 valence electrons. The van der Waals surface area contributed by atoms with Gasteiger partial charge in [0, 0.05) is 36.8 Å². The van der Waals surface area contributed by atoms with Crippen molar-refractivity contribution in [2.24, 2.45) is 4.99 Å². The molecule has 2 heterocycles. The Morgan fingerprint density at radius 1 is 1.43 bits per heavy atom. The minimum atomic E-state index is 0.650. The van der Waals surface area contributed by atoms with Crippen LogP contribution in [0.3, 0.4) is 0 Å². The van der Waals surface area contributed by atoms with Crippen molar-refractivity contribution in [3.63, 3.8) is 0 Å². The third-order valence-corrected chi connectivity index (χ3v) is 5.14. The van der Waals surface area contributed by atoms with Crippen LogP contribution in [0.2, 0.25) is 0 Å². The Morgan fingerprint density at radius 3 is 3.00 bits per heavy atom. The zero-order valence-corrected chi connectivity index (χ0v) is 15.6. The zero-order valence-electron chi connectivity index (χ0n) is 14.8. The minimum absolute atomic E-state index is 0.650. The molecular weight excluding hydrogens is 306 g/mol. The highest BCUT2D eigenvalue weighted by Gasteiger charge is 2.17. The van der Waals surface area contributed by atoms with Crippen molar-refractivity contribution in [1.29, 1.82) is 0 Å². The number of guanidine groups is 1. The van der Waals surface area contributed by atoms with Gasteiger partial charge in [0.2, 0.25) is 0 Å². The highest BCUT2D eigenvalue weighted by atomic mass is 32.1. The van der Waals surface area contributed by atoms with Gasteiger partial charge in [-0.3, -0.25) is 0 Å². The van der Waals surface area contributed by atoms with E-state index in [1.807, 2.05) is 6.20 Å². The molecule has 23 heavy (non-hydrogen) atoms. The van der Waals surface area contributed by atoms with Gasteiger partial charge in [-0.15, -0.1) is 11.3 Å². The second-order valence-corrected chi connectivity index (χ2v) is 7.54. The summed E-state index contributed by atoms with van der Waals surface area (Å²) in [5.41, 5.74) is 0. The monoisotopic (exact) mass is 337 g/mol. The summed E-state index contributed by atoms with van der Waals surface area (Å²) < 4.78 is 0. The van der Waals surface area contributed by atoms with Crippen LogP contribution < -0.4 is 10.6 Å². The van der Waals surface area contributed by atoms with E-state index in [1.165, 1.54) is 37.2 Å². The average Bonchev–Trinajstić information content (AvgIpc) is 2.96. The number of nitrogens with one attached hydrogen (secondary N) is 2. The number of hydrogen-bond donors (Lipinski definition) is 2. The van der Waals surface area contributed by atoms with Crippen LogP contribution in [-0.2, 0) is 6.54 Å². The molecule has 1 unspecified atom stereocenters. The fourth-order valence-corrected chi connectivity index (χ4v) is 3.65. The van der Waals surface area contributed by atoms with Crippen molar-refractivity contribution in [1.82, 2.24) is 20.5 Å². The van der Waals surface area contributed by atoms with Crippen LogP contribution in [0.25, 0.3) is 0 Å². The lowest BCUT2D eigenvalue weighted by molar-refractivity contribution is 0.159. The quantitative estimate of drug-likeness (QED) is 0.456. The molecule has 0 amide bonds. The molecule has 1 atom stereocenters. The molecule has 0 aliphatic carbocycles. The summed E-state index contributed by atoms with van der Waals surface area (Å²) in [5, 5.41) is 7.82. The van der Waals surface area contributed by atoms with Crippen LogP contribution >= 0.6 is 11.3 Å². The van der Waals surface area contributed by atoms with E-state index in [9.17, 15) is 0 Å². The summed E-state index contributed by atoms with van der Waals surface area (Å²) in [5.74, 6) is 0.895. The highest BCUT2D eigenvalue weighted by Crippen LogP contribution is 2.16. The van der Waals surface area contributed by atoms with E-state index in [1.54, 1.807) is 11.3 Å². The van der Waals surface area contributed by atoms with Crippen molar-refractivity contribution < 1.29 is 0 Å². The van der Waals surface area contributed by atoms with Crippen LogP contribution in [0.1, 0.15) is 49.4 Å². The van der Waals surface area contributed by atoms with Gasteiger partial charge in [-0.2, -0.15) is 0 Å². The Kier molecular flexibility index (Phi) is 7.82. The molecule has 1 fully saturated rings. The lowest BCUT2D eigenvalue weighted by Gasteiger charge is -2.33. The van der Waals surface area contributed by atoms with Gasteiger partial charge in [0.25, 0.3) is 0 Å². The van der Waals surface area contributed by atoms with Crippen molar-refractivity contribution in [2.45, 2.75) is 59.0 Å². The molecule has 1 aromatic heterocycles. The molecular formula is C17H31N5S. The maximum absolute atomic E-state index is 4.63. The molecule has 5 nitrogen and oxygen atoms in total. The Hall–Kier alpha value is -1.14. The number of likely N-dealkylation sites (tertiary alicyclic amines) is 1. The predicted molar refractivity (Wildman–Crippen MR) is 99.2 cm³/mol. The third-order valence-electron chi connectivity index (χ3n) is 4.24. The third kappa shape index (κ3) is 6.47. The number of hydrogen-bond acceptors (Lipinski definition) is 4. The first-order chi connectivity index (χ1) is 11.2. The van der Waals surface area contributed by atoms with Crippen LogP contribution in [0.15, 0.2) is 11.2 Å². The molecule has 2 rings (SSSR count). The second kappa shape index (κ2) is 9.88. The molecule has 0 spiro atoms. The summed E-state index contributed by atoms with van der Waals surface area (Å²) >= 11 is 1.71. The standard InChI is InChI=1S/C17H31N5S/c1-4-18-17(21-13-16-20-12-15(3)23-16)19-9-7-11-22-10-6-5-8-14(22)2/h12,14H,4-11,13H2,1-3H3,(H2,18,19,21). The van der Waals surface area contributed by atoms with Gasteiger partial charge in [0.05, 0.1) is 6.54 Å². The van der Waals surface area contributed by atoms with Crippen LogP contribution in [0.5, 0.6) is 0 Å². The van der Waals surface area contributed by atoms with E-state index in [0.29, 0.717) is 6.54 Å². The van der Waals surface area contributed by atoms with E-state index < -0.39 is 0 Å². The van der Waals surface area contributed by atoms with Crippen molar-refractivity contribution >= 4 is 17.3 Å². The van der Waals surface area contributed by atoms with Gasteiger partial charge in [0.1, 0.15) is 5.01 Å². The lowest BCUT2D eigenvalue weighted by atomic mass is 10.0. The maximum Gasteiger partial charge on any atom is 0.191 e. The molecule has 1 aliphatic heterocycles. The molecule has 1 aromatic rings. The fourth-order valence-electron chi connectivity index (χ4n) is 2.94. The Morgan fingerprint density at radius 2 is 2.30 bits per heavy atom. The minimum Gasteiger partial charge on any atom is -0.357 e. The Bertz CT molecular complexity index is 485. The Labute approximate surface area is 144 Å². The molecule has 0 radical (unpaired) electrons. The van der Waals surface area contributed by atoms with Crippen LogP contribution in [0.4, 0.5) is 0 Å². The van der Waals surface area contributed by atoms with Gasteiger partial charge >= 0.3 is 0 Å². The zero-order chi connectivity index (χ0) is 16.5. The summed E-state index contributed by atoms with van der Waals surface area (Å²) in [6, 6.07) is 0.749. The summed E-state index contributed by atoms with van der Waals surface area (Å²) in [6.07, 6.45) is 7.17. The number of aliphatic imine (C=N–C) groups is 1. The molecule has 0 saturated carbocycles. The summed E-state index contributed by atoms with van der Waals surface area (Å²) in [4.78, 5) is 12.8. The first kappa shape index (κ1) is 18.2. The van der Waals surface area contributed by atoms with Crippen molar-refractivity contribution in [2.75, 3.05) is 26.2 Å². The fraction of sp³-hybridized carbons (Fsp3) is 0.765. The first-order valence-electron chi connectivity index (χ1n) is 8.86. The molecule has 0 bridgehead atoms. The number of nitrogens with zero attached hydrogens (tertiary/aromatic N) is 3. The maximum atomic E-state index is 4.63. The second-order valence-electron chi connectivity index (χ2n) is 6.22. The predicted octanol–water partition coefficient (Wildman–Crippen LogP) is 2.77. The SMILES string of the molecule is CCNC(=NCc1ncc(C)s1)NCCCN1CCCCC1C. The van der Waals surface area contributed by atoms with Crippen molar-refractivity contribution in [3.05, 3.63) is 16.1 Å². The Balaban J connectivity index is 1.71. The van der Waals surface area contributed by atoms with Crippen LogP contribution in [-0.4, -0.2) is 48.1 Å². The van der Waals surface area contributed by atoms with Gasteiger partial charge < -0.3 is 15.5 Å². The number of piperidine rings is 1. The van der Waals surface area contributed by atoms with Gasteiger partial charge in [-0.25, -0.2) is 9.98 Å². The van der Waals surface area contributed by atoms with E-state index in [4.69, 9.17) is 0 Å². The smallest absolute Gasteiger partial charge is 0.191 e. The van der Waals surface area contributed by atoms with Crippen LogP contribution in [0, 0.1) is 6.92 Å². The normalized spacial score (nSPS) is 19.8.